The first-order chi connectivity index (χ1) is 12.0. The van der Waals surface area contributed by atoms with Gasteiger partial charge in [0.15, 0.2) is 0 Å². The average Bonchev–Trinajstić information content (AvgIpc) is 2.62. The lowest BCUT2D eigenvalue weighted by Crippen LogP contribution is -2.38. The van der Waals surface area contributed by atoms with Crippen molar-refractivity contribution in [1.29, 1.82) is 0 Å². The largest absolute Gasteiger partial charge is 0.348 e. The second-order valence-electron chi connectivity index (χ2n) is 6.17. The summed E-state index contributed by atoms with van der Waals surface area (Å²) < 4.78 is 1.12. The molecule has 0 spiro atoms. The second kappa shape index (κ2) is 6.84. The van der Waals surface area contributed by atoms with Crippen molar-refractivity contribution in [2.45, 2.75) is 32.9 Å². The van der Waals surface area contributed by atoms with E-state index >= 15 is 0 Å². The fraction of sp³-hybridized carbons (Fsp3) is 0.263. The number of carbonyl (C=O) groups excluding carboxylic acids is 1. The third-order valence-electron chi connectivity index (χ3n) is 4.27. The molecule has 0 aliphatic heterocycles. The average molecular weight is 336 g/mol. The predicted octanol–water partition coefficient (Wildman–Crippen LogP) is 2.54. The van der Waals surface area contributed by atoms with E-state index in [1.54, 1.807) is 31.2 Å². The number of hydrogen-bond donors (Lipinski definition) is 1. The molecule has 0 saturated carbocycles. The van der Waals surface area contributed by atoms with Crippen molar-refractivity contribution in [3.8, 4) is 0 Å². The topological polar surface area (TPSA) is 76.9 Å². The highest BCUT2D eigenvalue weighted by molar-refractivity contribution is 5.81. The summed E-state index contributed by atoms with van der Waals surface area (Å²) in [6.07, 6.45) is 0. The van der Waals surface area contributed by atoms with E-state index in [1.807, 2.05) is 38.1 Å². The number of fused-ring (bicyclic) bond motifs is 1. The van der Waals surface area contributed by atoms with Gasteiger partial charge in [0, 0.05) is 0 Å². The van der Waals surface area contributed by atoms with Crippen LogP contribution in [0.2, 0.25) is 0 Å². The maximum absolute atomic E-state index is 12.5. The minimum atomic E-state index is -0.752. The molecule has 25 heavy (non-hydrogen) atoms. The predicted molar refractivity (Wildman–Crippen MR) is 96.2 cm³/mol. The van der Waals surface area contributed by atoms with Crippen LogP contribution in [0.5, 0.6) is 0 Å². The van der Waals surface area contributed by atoms with Gasteiger partial charge in [0.25, 0.3) is 5.56 Å². The van der Waals surface area contributed by atoms with Gasteiger partial charge in [-0.25, -0.2) is 0 Å². The van der Waals surface area contributed by atoms with Crippen molar-refractivity contribution >= 4 is 16.8 Å². The third-order valence-corrected chi connectivity index (χ3v) is 4.27. The van der Waals surface area contributed by atoms with Gasteiger partial charge in [0.2, 0.25) is 5.91 Å². The van der Waals surface area contributed by atoms with E-state index < -0.39 is 6.04 Å². The van der Waals surface area contributed by atoms with Crippen molar-refractivity contribution in [3.05, 3.63) is 70.0 Å². The third kappa shape index (κ3) is 3.42. The van der Waals surface area contributed by atoms with Gasteiger partial charge in [-0.1, -0.05) is 47.2 Å². The number of amides is 1. The van der Waals surface area contributed by atoms with Crippen LogP contribution in [0.3, 0.4) is 0 Å². The molecule has 0 saturated heterocycles. The molecule has 0 fully saturated rings. The number of aryl methyl sites for hydroxylation is 1. The van der Waals surface area contributed by atoms with E-state index in [-0.39, 0.29) is 17.5 Å². The Labute approximate surface area is 145 Å². The van der Waals surface area contributed by atoms with Crippen LogP contribution in [-0.2, 0) is 4.79 Å². The molecule has 3 rings (SSSR count). The second-order valence-corrected chi connectivity index (χ2v) is 6.17. The first-order valence-corrected chi connectivity index (χ1v) is 8.18. The summed E-state index contributed by atoms with van der Waals surface area (Å²) in [6, 6.07) is 14.0. The normalized spacial score (nSPS) is 13.4. The molecule has 1 aromatic heterocycles. The van der Waals surface area contributed by atoms with E-state index in [1.165, 1.54) is 0 Å². The smallest absolute Gasteiger partial charge is 0.278 e. The Hall–Kier alpha value is -3.02. The van der Waals surface area contributed by atoms with E-state index in [0.29, 0.717) is 10.9 Å². The zero-order valence-electron chi connectivity index (χ0n) is 14.4. The fourth-order valence-corrected chi connectivity index (χ4v) is 2.64. The summed E-state index contributed by atoms with van der Waals surface area (Å²) >= 11 is 0. The quantitative estimate of drug-likeness (QED) is 0.794. The monoisotopic (exact) mass is 336 g/mol. The van der Waals surface area contributed by atoms with E-state index in [0.717, 1.165) is 15.8 Å². The van der Waals surface area contributed by atoms with Crippen molar-refractivity contribution in [2.24, 2.45) is 0 Å². The van der Waals surface area contributed by atoms with Gasteiger partial charge >= 0.3 is 0 Å². The van der Waals surface area contributed by atoms with E-state index in [9.17, 15) is 9.59 Å². The number of carbonyl (C=O) groups is 1. The van der Waals surface area contributed by atoms with Crippen LogP contribution in [-0.4, -0.2) is 20.9 Å². The number of benzene rings is 2. The Morgan fingerprint density at radius 1 is 1.08 bits per heavy atom. The zero-order chi connectivity index (χ0) is 18.0. The van der Waals surface area contributed by atoms with Crippen LogP contribution in [0.4, 0.5) is 0 Å². The van der Waals surface area contributed by atoms with Crippen molar-refractivity contribution in [2.75, 3.05) is 0 Å². The van der Waals surface area contributed by atoms with E-state index in [2.05, 4.69) is 15.6 Å². The van der Waals surface area contributed by atoms with Crippen LogP contribution in [0.15, 0.2) is 53.3 Å². The molecule has 0 radical (unpaired) electrons. The number of rotatable bonds is 4. The molecule has 1 unspecified atom stereocenters. The Bertz CT molecular complexity index is 963. The molecule has 6 nitrogen and oxygen atoms in total. The van der Waals surface area contributed by atoms with Crippen molar-refractivity contribution in [3.63, 3.8) is 0 Å². The molecule has 2 atom stereocenters. The maximum atomic E-state index is 12.5. The molecular formula is C19H20N4O2. The van der Waals surface area contributed by atoms with Crippen LogP contribution < -0.4 is 10.9 Å². The molecule has 0 bridgehead atoms. The van der Waals surface area contributed by atoms with Gasteiger partial charge in [0.05, 0.1) is 11.4 Å². The van der Waals surface area contributed by atoms with Crippen LogP contribution >= 0.6 is 0 Å². The Morgan fingerprint density at radius 2 is 1.76 bits per heavy atom. The van der Waals surface area contributed by atoms with Crippen molar-refractivity contribution < 1.29 is 4.79 Å². The van der Waals surface area contributed by atoms with Crippen molar-refractivity contribution in [1.82, 2.24) is 20.3 Å². The summed E-state index contributed by atoms with van der Waals surface area (Å²) in [5.41, 5.74) is 2.36. The molecule has 1 heterocycles. The minimum Gasteiger partial charge on any atom is -0.348 e. The molecule has 0 aliphatic rings. The van der Waals surface area contributed by atoms with Gasteiger partial charge in [-0.3, -0.25) is 9.59 Å². The number of nitrogens with one attached hydrogen (secondary N) is 1. The highest BCUT2D eigenvalue weighted by atomic mass is 16.2. The van der Waals surface area contributed by atoms with Gasteiger partial charge in [0.1, 0.15) is 11.6 Å². The van der Waals surface area contributed by atoms with Gasteiger partial charge in [-0.05, 0) is 38.5 Å². The highest BCUT2D eigenvalue weighted by Crippen LogP contribution is 2.14. The lowest BCUT2D eigenvalue weighted by molar-refractivity contribution is -0.124. The number of nitrogens with zero attached hydrogens (tertiary/aromatic N) is 3. The van der Waals surface area contributed by atoms with Crippen LogP contribution in [0, 0.1) is 6.92 Å². The van der Waals surface area contributed by atoms with Gasteiger partial charge < -0.3 is 5.32 Å². The summed E-state index contributed by atoms with van der Waals surface area (Å²) in [4.78, 5) is 25.1. The molecule has 1 amide bonds. The fourth-order valence-electron chi connectivity index (χ4n) is 2.64. The zero-order valence-corrected chi connectivity index (χ0v) is 14.4. The minimum absolute atomic E-state index is 0.167. The molecular weight excluding hydrogens is 316 g/mol. The highest BCUT2D eigenvalue weighted by Gasteiger charge is 2.21. The van der Waals surface area contributed by atoms with Crippen LogP contribution in [0.25, 0.3) is 10.9 Å². The summed E-state index contributed by atoms with van der Waals surface area (Å²) in [5.74, 6) is -0.278. The summed E-state index contributed by atoms with van der Waals surface area (Å²) in [7, 11) is 0. The number of hydrogen-bond acceptors (Lipinski definition) is 4. The molecule has 6 heteroatoms. The molecule has 1 N–H and O–H groups in total. The lowest BCUT2D eigenvalue weighted by atomic mass is 10.1. The van der Waals surface area contributed by atoms with E-state index in [4.69, 9.17) is 0 Å². The first kappa shape index (κ1) is 16.8. The standard InChI is InChI=1S/C19H20N4O2/c1-12-8-10-15(11-9-12)13(2)20-18(24)14(3)23-19(25)16-6-4-5-7-17(16)21-22-23/h4-11,13-14H,1-3H3,(H,20,24)/t13-,14?/m0/s1. The molecule has 2 aromatic carbocycles. The number of aromatic nitrogens is 3. The Morgan fingerprint density at radius 3 is 2.48 bits per heavy atom. The van der Waals surface area contributed by atoms with Gasteiger partial charge in [-0.15, -0.1) is 5.10 Å². The van der Waals surface area contributed by atoms with Crippen LogP contribution in [0.1, 0.15) is 37.1 Å². The Balaban J connectivity index is 1.82. The Kier molecular flexibility index (Phi) is 4.61. The molecule has 128 valence electrons. The molecule has 3 aromatic rings. The summed E-state index contributed by atoms with van der Waals surface area (Å²) in [5, 5.41) is 11.3. The molecule has 0 aliphatic carbocycles. The lowest BCUT2D eigenvalue weighted by Gasteiger charge is -2.18. The van der Waals surface area contributed by atoms with Gasteiger partial charge in [-0.2, -0.15) is 4.68 Å². The maximum Gasteiger partial charge on any atom is 0.278 e. The summed E-state index contributed by atoms with van der Waals surface area (Å²) in [6.45, 7) is 5.56. The first-order valence-electron chi connectivity index (χ1n) is 8.18. The SMILES string of the molecule is Cc1ccc([C@H](C)NC(=O)C(C)n2nnc3ccccc3c2=O)cc1.